The van der Waals surface area contributed by atoms with Crippen LogP contribution >= 0.6 is 0 Å². The number of benzene rings is 2. The average Bonchev–Trinajstić information content (AvgIpc) is 2.77. The molecule has 0 aromatic heterocycles. The van der Waals surface area contributed by atoms with Crippen molar-refractivity contribution >= 4 is 5.78 Å². The predicted molar refractivity (Wildman–Crippen MR) is 106 cm³/mol. The summed E-state index contributed by atoms with van der Waals surface area (Å²) in [6.07, 6.45) is 0. The molecular formula is C24H28O. The topological polar surface area (TPSA) is 17.1 Å². The van der Waals surface area contributed by atoms with Crippen molar-refractivity contribution in [3.63, 3.8) is 0 Å². The van der Waals surface area contributed by atoms with Crippen molar-refractivity contribution in [1.29, 1.82) is 0 Å². The first-order valence-corrected chi connectivity index (χ1v) is 8.99. The van der Waals surface area contributed by atoms with E-state index in [0.717, 1.165) is 22.3 Å². The molecule has 3 rings (SSSR count). The van der Waals surface area contributed by atoms with Crippen LogP contribution < -0.4 is 0 Å². The number of rotatable bonds is 1. The predicted octanol–water partition coefficient (Wildman–Crippen LogP) is 6.17. The van der Waals surface area contributed by atoms with Crippen LogP contribution in [0.15, 0.2) is 54.6 Å². The summed E-state index contributed by atoms with van der Waals surface area (Å²) >= 11 is 0. The highest BCUT2D eigenvalue weighted by Crippen LogP contribution is 2.46. The van der Waals surface area contributed by atoms with Crippen LogP contribution in [-0.4, -0.2) is 5.78 Å². The lowest BCUT2D eigenvalue weighted by molar-refractivity contribution is 0.103. The summed E-state index contributed by atoms with van der Waals surface area (Å²) in [7, 11) is 0. The van der Waals surface area contributed by atoms with Gasteiger partial charge in [0, 0.05) is 17.1 Å². The Hall–Kier alpha value is -2.15. The van der Waals surface area contributed by atoms with E-state index in [-0.39, 0.29) is 22.5 Å². The molecule has 0 amide bonds. The van der Waals surface area contributed by atoms with Crippen LogP contribution in [0.2, 0.25) is 0 Å². The Morgan fingerprint density at radius 1 is 0.880 bits per heavy atom. The highest BCUT2D eigenvalue weighted by Gasteiger charge is 2.39. The van der Waals surface area contributed by atoms with Crippen molar-refractivity contribution in [3.8, 4) is 0 Å². The van der Waals surface area contributed by atoms with Crippen LogP contribution in [0.4, 0.5) is 0 Å². The molecule has 1 atom stereocenters. The quantitative estimate of drug-likeness (QED) is 0.571. The van der Waals surface area contributed by atoms with Crippen molar-refractivity contribution in [2.75, 3.05) is 0 Å². The van der Waals surface area contributed by atoms with Gasteiger partial charge in [0.25, 0.3) is 0 Å². The minimum Gasteiger partial charge on any atom is -0.289 e. The molecule has 0 heterocycles. The fourth-order valence-electron chi connectivity index (χ4n) is 3.68. The van der Waals surface area contributed by atoms with E-state index in [0.29, 0.717) is 5.57 Å². The summed E-state index contributed by atoms with van der Waals surface area (Å²) in [5.41, 5.74) is 6.19. The first kappa shape index (κ1) is 17.7. The highest BCUT2D eigenvalue weighted by molar-refractivity contribution is 6.15. The first-order valence-electron chi connectivity index (χ1n) is 8.99. The molecule has 0 saturated heterocycles. The summed E-state index contributed by atoms with van der Waals surface area (Å²) in [5.74, 6) is 0.0707. The summed E-state index contributed by atoms with van der Waals surface area (Å²) < 4.78 is 0. The molecule has 0 N–H and O–H groups in total. The van der Waals surface area contributed by atoms with E-state index in [2.05, 4.69) is 72.4 Å². The molecule has 1 unspecified atom stereocenters. The zero-order valence-corrected chi connectivity index (χ0v) is 16.2. The van der Waals surface area contributed by atoms with Gasteiger partial charge in [0.05, 0.1) is 0 Å². The molecule has 1 nitrogen and oxygen atoms in total. The van der Waals surface area contributed by atoms with Gasteiger partial charge in [-0.3, -0.25) is 4.79 Å². The summed E-state index contributed by atoms with van der Waals surface area (Å²) in [4.78, 5) is 13.1. The van der Waals surface area contributed by atoms with Crippen LogP contribution in [0.1, 0.15) is 80.1 Å². The highest BCUT2D eigenvalue weighted by atomic mass is 16.1. The molecule has 0 radical (unpaired) electrons. The molecule has 2 aromatic carbocycles. The number of allylic oxidation sites excluding steroid dienone is 1. The normalized spacial score (nSPS) is 17.8. The summed E-state index contributed by atoms with van der Waals surface area (Å²) in [5, 5.41) is 0. The van der Waals surface area contributed by atoms with Gasteiger partial charge in [-0.15, -0.1) is 0 Å². The maximum absolute atomic E-state index is 13.1. The molecule has 0 aliphatic heterocycles. The SMILES string of the molecule is C=C1C(=O)c2c(cc(C(C)(C)C)cc2C(C)(C)C)C1c1ccccc1. The van der Waals surface area contributed by atoms with E-state index >= 15 is 0 Å². The van der Waals surface area contributed by atoms with Crippen LogP contribution in [0.5, 0.6) is 0 Å². The van der Waals surface area contributed by atoms with Crippen molar-refractivity contribution in [2.24, 2.45) is 0 Å². The smallest absolute Gasteiger partial charge is 0.189 e. The lowest BCUT2D eigenvalue weighted by Crippen LogP contribution is -2.20. The van der Waals surface area contributed by atoms with Crippen LogP contribution in [0, 0.1) is 0 Å². The van der Waals surface area contributed by atoms with Gasteiger partial charge in [-0.1, -0.05) is 90.6 Å². The lowest BCUT2D eigenvalue weighted by Gasteiger charge is -2.28. The zero-order valence-electron chi connectivity index (χ0n) is 16.2. The Labute approximate surface area is 151 Å². The molecule has 130 valence electrons. The van der Waals surface area contributed by atoms with Gasteiger partial charge in [-0.05, 0) is 33.1 Å². The molecule has 1 aliphatic rings. The summed E-state index contributed by atoms with van der Waals surface area (Å²) in [6, 6.07) is 14.7. The van der Waals surface area contributed by atoms with Gasteiger partial charge in [-0.2, -0.15) is 0 Å². The molecule has 1 aliphatic carbocycles. The van der Waals surface area contributed by atoms with Crippen LogP contribution in [0.3, 0.4) is 0 Å². The van der Waals surface area contributed by atoms with Gasteiger partial charge in [0.2, 0.25) is 0 Å². The van der Waals surface area contributed by atoms with Crippen LogP contribution in [-0.2, 0) is 10.8 Å². The first-order chi connectivity index (χ1) is 11.5. The van der Waals surface area contributed by atoms with Gasteiger partial charge < -0.3 is 0 Å². The molecule has 1 heteroatoms. The summed E-state index contributed by atoms with van der Waals surface area (Å²) in [6.45, 7) is 17.4. The fraction of sp³-hybridized carbons (Fsp3) is 0.375. The third kappa shape index (κ3) is 2.97. The number of fused-ring (bicyclic) bond motifs is 1. The Morgan fingerprint density at radius 2 is 1.48 bits per heavy atom. The van der Waals surface area contributed by atoms with Gasteiger partial charge in [-0.25, -0.2) is 0 Å². The van der Waals surface area contributed by atoms with Crippen LogP contribution in [0.25, 0.3) is 0 Å². The Kier molecular flexibility index (Phi) is 4.02. The van der Waals surface area contributed by atoms with E-state index in [1.807, 2.05) is 18.2 Å². The molecule has 0 spiro atoms. The monoisotopic (exact) mass is 332 g/mol. The Bertz CT molecular complexity index is 842. The molecule has 0 fully saturated rings. The van der Waals surface area contributed by atoms with E-state index in [4.69, 9.17) is 0 Å². The molecular weight excluding hydrogens is 304 g/mol. The molecule has 0 saturated carbocycles. The van der Waals surface area contributed by atoms with Crippen molar-refractivity contribution in [2.45, 2.75) is 58.3 Å². The van der Waals surface area contributed by atoms with Gasteiger partial charge >= 0.3 is 0 Å². The second-order valence-electron chi connectivity index (χ2n) is 9.19. The zero-order chi connectivity index (χ0) is 18.6. The number of carbonyl (C=O) groups excluding carboxylic acids is 1. The van der Waals surface area contributed by atoms with Gasteiger partial charge in [0.15, 0.2) is 5.78 Å². The fourth-order valence-corrected chi connectivity index (χ4v) is 3.68. The number of ketones is 1. The maximum atomic E-state index is 13.1. The minimum atomic E-state index is -0.0904. The third-order valence-electron chi connectivity index (χ3n) is 5.15. The van der Waals surface area contributed by atoms with E-state index < -0.39 is 0 Å². The van der Waals surface area contributed by atoms with Gasteiger partial charge in [0.1, 0.15) is 0 Å². The Balaban J connectivity index is 2.34. The minimum absolute atomic E-state index is 0.0310. The third-order valence-corrected chi connectivity index (χ3v) is 5.15. The molecule has 0 bridgehead atoms. The Morgan fingerprint density at radius 3 is 2.00 bits per heavy atom. The number of Topliss-reactive ketones (excluding diaryl/α,β-unsaturated/α-hetero) is 1. The van der Waals surface area contributed by atoms with E-state index in [9.17, 15) is 4.79 Å². The standard InChI is InChI=1S/C24H28O/c1-15-20(16-11-9-8-10-12-16)18-13-17(23(2,3)4)14-19(24(5,6)7)21(18)22(15)25/h8-14,20H,1H2,2-7H3. The lowest BCUT2D eigenvalue weighted by atomic mass is 9.76. The average molecular weight is 332 g/mol. The van der Waals surface area contributed by atoms with Crippen molar-refractivity contribution in [1.82, 2.24) is 0 Å². The largest absolute Gasteiger partial charge is 0.289 e. The maximum Gasteiger partial charge on any atom is 0.189 e. The number of hydrogen-bond donors (Lipinski definition) is 0. The molecule has 25 heavy (non-hydrogen) atoms. The number of hydrogen-bond acceptors (Lipinski definition) is 1. The second-order valence-corrected chi connectivity index (χ2v) is 9.19. The van der Waals surface area contributed by atoms with Crippen molar-refractivity contribution < 1.29 is 4.79 Å². The van der Waals surface area contributed by atoms with E-state index in [1.165, 1.54) is 5.56 Å². The second kappa shape index (κ2) is 5.69. The molecule has 2 aromatic rings. The van der Waals surface area contributed by atoms with E-state index in [1.54, 1.807) is 0 Å². The van der Waals surface area contributed by atoms with Crippen molar-refractivity contribution in [3.05, 3.63) is 82.4 Å². The number of carbonyl (C=O) groups is 1.